The van der Waals surface area contributed by atoms with Gasteiger partial charge in [-0.15, -0.1) is 11.8 Å². The number of hydrogen-bond donors (Lipinski definition) is 1. The molecule has 1 heterocycles. The molecule has 0 aromatic heterocycles. The average molecular weight is 484 g/mol. The van der Waals surface area contributed by atoms with Crippen LogP contribution in [0.15, 0.2) is 53.4 Å². The molecule has 0 radical (unpaired) electrons. The van der Waals surface area contributed by atoms with Crippen LogP contribution in [-0.2, 0) is 4.79 Å². The first-order chi connectivity index (χ1) is 16.5. The number of amides is 2. The Hall–Kier alpha value is -2.54. The van der Waals surface area contributed by atoms with Crippen LogP contribution in [0.2, 0.25) is 0 Å². The first-order valence-corrected chi connectivity index (χ1v) is 13.3. The highest BCUT2D eigenvalue weighted by atomic mass is 32.2. The molecule has 1 atom stereocenters. The third-order valence-electron chi connectivity index (χ3n) is 7.03. The highest BCUT2D eigenvalue weighted by molar-refractivity contribution is 8.00. The first kappa shape index (κ1) is 24.6. The largest absolute Gasteiger partial charge is 0.371 e. The van der Waals surface area contributed by atoms with Crippen LogP contribution in [0.3, 0.4) is 0 Å². The van der Waals surface area contributed by atoms with Gasteiger partial charge in [-0.2, -0.15) is 0 Å². The molecule has 2 amide bonds. The zero-order valence-corrected chi connectivity index (χ0v) is 20.7. The van der Waals surface area contributed by atoms with Crippen LogP contribution < -0.4 is 10.2 Å². The van der Waals surface area contributed by atoms with Crippen molar-refractivity contribution >= 4 is 29.3 Å². The zero-order chi connectivity index (χ0) is 23.9. The summed E-state index contributed by atoms with van der Waals surface area (Å²) in [5, 5.41) is 3.09. The molecule has 1 N–H and O–H groups in total. The van der Waals surface area contributed by atoms with Crippen LogP contribution >= 0.6 is 11.8 Å². The Morgan fingerprint density at radius 3 is 2.56 bits per heavy atom. The summed E-state index contributed by atoms with van der Waals surface area (Å²) in [7, 11) is 1.91. The molecule has 1 saturated heterocycles. The third-order valence-corrected chi connectivity index (χ3v) is 8.09. The molecule has 7 heteroatoms. The van der Waals surface area contributed by atoms with Crippen LogP contribution in [0.1, 0.15) is 48.9 Å². The molecule has 2 fully saturated rings. The number of carbonyl (C=O) groups excluding carboxylic acids is 2. The number of hydrogen-bond acceptors (Lipinski definition) is 4. The number of nitrogens with one attached hydrogen (secondary N) is 1. The highest BCUT2D eigenvalue weighted by Crippen LogP contribution is 2.27. The highest BCUT2D eigenvalue weighted by Gasteiger charge is 2.25. The van der Waals surface area contributed by atoms with Gasteiger partial charge in [-0.1, -0.05) is 31.4 Å². The number of rotatable bonds is 8. The van der Waals surface area contributed by atoms with E-state index in [-0.39, 0.29) is 17.6 Å². The molecule has 182 valence electrons. The molecular formula is C27H34FN3O2S. The number of thioether (sulfide) groups is 1. The first-order valence-electron chi connectivity index (χ1n) is 12.3. The molecule has 5 nitrogen and oxygen atoms in total. The summed E-state index contributed by atoms with van der Waals surface area (Å²) in [5.41, 5.74) is 1.63. The second-order valence-electron chi connectivity index (χ2n) is 9.37. The van der Waals surface area contributed by atoms with Crippen molar-refractivity contribution in [3.63, 3.8) is 0 Å². The van der Waals surface area contributed by atoms with Gasteiger partial charge >= 0.3 is 0 Å². The zero-order valence-electron chi connectivity index (χ0n) is 19.8. The van der Waals surface area contributed by atoms with Crippen molar-refractivity contribution in [2.75, 3.05) is 37.3 Å². The van der Waals surface area contributed by atoms with Gasteiger partial charge in [0.2, 0.25) is 5.91 Å². The Morgan fingerprint density at radius 2 is 1.79 bits per heavy atom. The fourth-order valence-corrected chi connectivity index (χ4v) is 5.88. The van der Waals surface area contributed by atoms with Gasteiger partial charge in [-0.3, -0.25) is 9.59 Å². The molecule has 4 rings (SSSR count). The van der Waals surface area contributed by atoms with Crippen LogP contribution in [0.5, 0.6) is 0 Å². The molecular weight excluding hydrogens is 449 g/mol. The molecule has 1 aliphatic heterocycles. The number of benzene rings is 2. The summed E-state index contributed by atoms with van der Waals surface area (Å²) in [6, 6.07) is 14.4. The predicted molar refractivity (Wildman–Crippen MR) is 136 cm³/mol. The maximum absolute atomic E-state index is 13.2. The Morgan fingerprint density at radius 1 is 1.06 bits per heavy atom. The van der Waals surface area contributed by atoms with Crippen molar-refractivity contribution in [1.29, 1.82) is 0 Å². The summed E-state index contributed by atoms with van der Waals surface area (Å²) < 4.78 is 13.2. The van der Waals surface area contributed by atoms with Crippen molar-refractivity contribution in [3.8, 4) is 0 Å². The van der Waals surface area contributed by atoms with Crippen LogP contribution in [0.4, 0.5) is 10.1 Å². The van der Waals surface area contributed by atoms with Gasteiger partial charge in [0.1, 0.15) is 5.82 Å². The number of anilines is 1. The lowest BCUT2D eigenvalue weighted by atomic mass is 9.94. The van der Waals surface area contributed by atoms with Gasteiger partial charge in [0.25, 0.3) is 5.91 Å². The fraction of sp³-hybridized carbons (Fsp3) is 0.481. The molecule has 0 spiro atoms. The SMILES string of the molecule is CN(C(=O)CSc1ccccc1C(=O)NCC1CCN(c2ccc(F)cc2)C1)C1CCCCC1. The van der Waals surface area contributed by atoms with Crippen LogP contribution in [-0.4, -0.2) is 55.2 Å². The van der Waals surface area contributed by atoms with E-state index < -0.39 is 0 Å². The summed E-state index contributed by atoms with van der Waals surface area (Å²) in [4.78, 5) is 30.7. The molecule has 1 unspecified atom stereocenters. The summed E-state index contributed by atoms with van der Waals surface area (Å²) in [6.45, 7) is 2.33. The van der Waals surface area contributed by atoms with Gasteiger partial charge in [-0.05, 0) is 61.6 Å². The second-order valence-corrected chi connectivity index (χ2v) is 10.4. The Labute approximate surface area is 206 Å². The van der Waals surface area contributed by atoms with Crippen LogP contribution in [0, 0.1) is 11.7 Å². The van der Waals surface area contributed by atoms with Crippen LogP contribution in [0.25, 0.3) is 0 Å². The fourth-order valence-electron chi connectivity index (χ4n) is 4.91. The molecule has 1 saturated carbocycles. The van der Waals surface area contributed by atoms with E-state index in [1.807, 2.05) is 36.2 Å². The molecule has 1 aliphatic carbocycles. The van der Waals surface area contributed by atoms with E-state index >= 15 is 0 Å². The smallest absolute Gasteiger partial charge is 0.252 e. The van der Waals surface area contributed by atoms with E-state index in [1.165, 1.54) is 43.2 Å². The summed E-state index contributed by atoms with van der Waals surface area (Å²) in [5.74, 6) is 0.479. The van der Waals surface area contributed by atoms with Crippen molar-refractivity contribution in [3.05, 3.63) is 59.9 Å². The van der Waals surface area contributed by atoms with Crippen molar-refractivity contribution < 1.29 is 14.0 Å². The normalized spacial score (nSPS) is 18.6. The van der Waals surface area contributed by atoms with E-state index in [2.05, 4.69) is 10.2 Å². The van der Waals surface area contributed by atoms with E-state index in [0.29, 0.717) is 29.8 Å². The second kappa shape index (κ2) is 11.7. The Kier molecular flexibility index (Phi) is 8.48. The van der Waals surface area contributed by atoms with Gasteiger partial charge in [0.15, 0.2) is 0 Å². The minimum atomic E-state index is -0.231. The summed E-state index contributed by atoms with van der Waals surface area (Å²) in [6.07, 6.45) is 6.82. The van der Waals surface area contributed by atoms with E-state index in [9.17, 15) is 14.0 Å². The number of nitrogens with zero attached hydrogens (tertiary/aromatic N) is 2. The molecule has 2 aliphatic rings. The van der Waals surface area contributed by atoms with Gasteiger partial charge in [0.05, 0.1) is 11.3 Å². The predicted octanol–water partition coefficient (Wildman–Crippen LogP) is 4.97. The maximum atomic E-state index is 13.2. The van der Waals surface area contributed by atoms with Gasteiger partial charge in [0, 0.05) is 43.3 Å². The van der Waals surface area contributed by atoms with E-state index in [0.717, 1.165) is 42.9 Å². The molecule has 0 bridgehead atoms. The minimum Gasteiger partial charge on any atom is -0.371 e. The molecule has 34 heavy (non-hydrogen) atoms. The van der Waals surface area contributed by atoms with E-state index in [1.54, 1.807) is 12.1 Å². The monoisotopic (exact) mass is 483 g/mol. The average Bonchev–Trinajstić information content (AvgIpc) is 3.35. The van der Waals surface area contributed by atoms with Crippen molar-refractivity contribution in [1.82, 2.24) is 10.2 Å². The Balaban J connectivity index is 1.27. The van der Waals surface area contributed by atoms with E-state index in [4.69, 9.17) is 0 Å². The quantitative estimate of drug-likeness (QED) is 0.539. The standard InChI is InChI=1S/C27H34FN3O2S/c1-30(22-7-3-2-4-8-22)26(32)19-34-25-10-6-5-9-24(25)27(33)29-17-20-15-16-31(18-20)23-13-11-21(28)12-14-23/h5-6,9-14,20,22H,2-4,7-8,15-19H2,1H3,(H,29,33). The maximum Gasteiger partial charge on any atom is 0.252 e. The number of carbonyl (C=O) groups is 2. The summed E-state index contributed by atoms with van der Waals surface area (Å²) >= 11 is 1.44. The number of halogens is 1. The Bertz CT molecular complexity index is 978. The molecule has 2 aromatic carbocycles. The van der Waals surface area contributed by atoms with Gasteiger partial charge in [-0.25, -0.2) is 4.39 Å². The lowest BCUT2D eigenvalue weighted by molar-refractivity contribution is -0.129. The minimum absolute atomic E-state index is 0.101. The lowest BCUT2D eigenvalue weighted by Crippen LogP contribution is -2.39. The molecule has 2 aromatic rings. The third kappa shape index (κ3) is 6.32. The van der Waals surface area contributed by atoms with Gasteiger partial charge < -0.3 is 15.1 Å². The van der Waals surface area contributed by atoms with Crippen molar-refractivity contribution in [2.24, 2.45) is 5.92 Å². The lowest BCUT2D eigenvalue weighted by Gasteiger charge is -2.31. The topological polar surface area (TPSA) is 52.7 Å². The van der Waals surface area contributed by atoms with Crippen molar-refractivity contribution in [2.45, 2.75) is 49.5 Å².